The molecule has 0 spiro atoms. The molecular formula is C9H6ClNO. The highest BCUT2D eigenvalue weighted by atomic mass is 35.5. The summed E-state index contributed by atoms with van der Waals surface area (Å²) in [5, 5.41) is 1.56. The van der Waals surface area contributed by atoms with Gasteiger partial charge in [0.1, 0.15) is 0 Å². The highest BCUT2D eigenvalue weighted by Crippen LogP contribution is 2.07. The Morgan fingerprint density at radius 3 is 2.75 bits per heavy atom. The van der Waals surface area contributed by atoms with Crippen LogP contribution in [-0.4, -0.2) is 4.09 Å². The fourth-order valence-electron chi connectivity index (χ4n) is 1.17. The first kappa shape index (κ1) is 7.37. The summed E-state index contributed by atoms with van der Waals surface area (Å²) in [4.78, 5) is 11.4. The van der Waals surface area contributed by atoms with E-state index in [4.69, 9.17) is 11.8 Å². The number of hydrogen-bond donors (Lipinski definition) is 0. The van der Waals surface area contributed by atoms with Crippen molar-refractivity contribution in [2.45, 2.75) is 0 Å². The second kappa shape index (κ2) is 2.64. The van der Waals surface area contributed by atoms with Gasteiger partial charge in [0.2, 0.25) is 0 Å². The van der Waals surface area contributed by atoms with Crippen molar-refractivity contribution in [1.29, 1.82) is 0 Å². The summed E-state index contributed by atoms with van der Waals surface area (Å²) in [5.41, 5.74) is -0.172. The van der Waals surface area contributed by atoms with Crippen LogP contribution in [0.1, 0.15) is 0 Å². The molecule has 0 aliphatic carbocycles. The SMILES string of the molecule is O=c1c2ccccc2ccn1Cl. The lowest BCUT2D eigenvalue weighted by Crippen LogP contribution is -2.11. The van der Waals surface area contributed by atoms with Crippen molar-refractivity contribution < 1.29 is 0 Å². The van der Waals surface area contributed by atoms with Gasteiger partial charge in [-0.25, -0.2) is 4.09 Å². The normalized spacial score (nSPS) is 10.4. The molecule has 0 N–H and O–H groups in total. The minimum atomic E-state index is -0.172. The predicted molar refractivity (Wildman–Crippen MR) is 49.5 cm³/mol. The molecule has 2 rings (SSSR count). The number of hydrogen-bond acceptors (Lipinski definition) is 1. The van der Waals surface area contributed by atoms with Crippen LogP contribution in [0.25, 0.3) is 10.8 Å². The molecule has 0 amide bonds. The molecule has 0 fully saturated rings. The summed E-state index contributed by atoms with van der Waals surface area (Å²) in [6.07, 6.45) is 1.55. The van der Waals surface area contributed by atoms with Gasteiger partial charge in [0, 0.05) is 23.4 Å². The van der Waals surface area contributed by atoms with Crippen LogP contribution < -0.4 is 5.56 Å². The Balaban J connectivity index is 3.01. The summed E-state index contributed by atoms with van der Waals surface area (Å²) >= 11 is 5.59. The fraction of sp³-hybridized carbons (Fsp3) is 0. The molecule has 12 heavy (non-hydrogen) atoms. The van der Waals surface area contributed by atoms with Gasteiger partial charge in [0.05, 0.1) is 0 Å². The van der Waals surface area contributed by atoms with Crippen LogP contribution in [-0.2, 0) is 0 Å². The number of fused-ring (bicyclic) bond motifs is 1. The van der Waals surface area contributed by atoms with E-state index in [2.05, 4.69) is 0 Å². The van der Waals surface area contributed by atoms with E-state index < -0.39 is 0 Å². The number of benzene rings is 1. The Morgan fingerprint density at radius 1 is 1.17 bits per heavy atom. The molecule has 1 aromatic carbocycles. The molecule has 0 bridgehead atoms. The molecule has 0 aliphatic rings. The molecule has 2 aromatic rings. The smallest absolute Gasteiger partial charge is 0.267 e. The van der Waals surface area contributed by atoms with Crippen LogP contribution in [0.2, 0.25) is 0 Å². The van der Waals surface area contributed by atoms with E-state index in [0.717, 1.165) is 9.47 Å². The Hall–Kier alpha value is -1.28. The van der Waals surface area contributed by atoms with Gasteiger partial charge in [-0.2, -0.15) is 0 Å². The molecule has 0 atom stereocenters. The minimum Gasteiger partial charge on any atom is -0.267 e. The molecule has 3 heteroatoms. The third-order valence-electron chi connectivity index (χ3n) is 1.77. The second-order valence-electron chi connectivity index (χ2n) is 2.52. The number of nitrogens with zero attached hydrogens (tertiary/aromatic N) is 1. The zero-order valence-electron chi connectivity index (χ0n) is 6.20. The lowest BCUT2D eigenvalue weighted by molar-refractivity contribution is 1.16. The largest absolute Gasteiger partial charge is 0.272 e. The van der Waals surface area contributed by atoms with Gasteiger partial charge in [0.25, 0.3) is 5.56 Å². The van der Waals surface area contributed by atoms with E-state index in [1.807, 2.05) is 24.3 Å². The maximum Gasteiger partial charge on any atom is 0.272 e. The van der Waals surface area contributed by atoms with Crippen LogP contribution in [0.15, 0.2) is 41.3 Å². The molecule has 0 aliphatic heterocycles. The topological polar surface area (TPSA) is 22.0 Å². The quantitative estimate of drug-likeness (QED) is 0.607. The second-order valence-corrected chi connectivity index (χ2v) is 2.88. The lowest BCUT2D eigenvalue weighted by Gasteiger charge is -1.96. The highest BCUT2D eigenvalue weighted by molar-refractivity contribution is 6.15. The van der Waals surface area contributed by atoms with E-state index in [-0.39, 0.29) is 5.56 Å². The first-order valence-electron chi connectivity index (χ1n) is 3.55. The van der Waals surface area contributed by atoms with E-state index >= 15 is 0 Å². The molecule has 60 valence electrons. The molecule has 0 unspecified atom stereocenters. The van der Waals surface area contributed by atoms with Gasteiger partial charge in [-0.1, -0.05) is 18.2 Å². The van der Waals surface area contributed by atoms with Gasteiger partial charge in [0.15, 0.2) is 0 Å². The van der Waals surface area contributed by atoms with Crippen LogP contribution in [0.4, 0.5) is 0 Å². The van der Waals surface area contributed by atoms with Crippen molar-refractivity contribution >= 4 is 22.5 Å². The highest BCUT2D eigenvalue weighted by Gasteiger charge is 1.97. The van der Waals surface area contributed by atoms with E-state index in [1.54, 1.807) is 12.3 Å². The lowest BCUT2D eigenvalue weighted by atomic mass is 10.2. The van der Waals surface area contributed by atoms with Crippen LogP contribution in [0, 0.1) is 0 Å². The Labute approximate surface area is 74.1 Å². The maximum absolute atomic E-state index is 11.4. The predicted octanol–water partition coefficient (Wildman–Crippen LogP) is 2.00. The van der Waals surface area contributed by atoms with E-state index in [9.17, 15) is 4.79 Å². The zero-order chi connectivity index (χ0) is 8.55. The van der Waals surface area contributed by atoms with E-state index in [0.29, 0.717) is 5.39 Å². The summed E-state index contributed by atoms with van der Waals surface area (Å²) < 4.78 is 1.06. The van der Waals surface area contributed by atoms with Crippen molar-refractivity contribution in [3.63, 3.8) is 0 Å². The molecular weight excluding hydrogens is 174 g/mol. The van der Waals surface area contributed by atoms with Gasteiger partial charge >= 0.3 is 0 Å². The summed E-state index contributed by atoms with van der Waals surface area (Å²) in [7, 11) is 0. The first-order valence-corrected chi connectivity index (χ1v) is 3.89. The van der Waals surface area contributed by atoms with Crippen LogP contribution in [0.3, 0.4) is 0 Å². The monoisotopic (exact) mass is 179 g/mol. The van der Waals surface area contributed by atoms with Crippen molar-refractivity contribution in [3.05, 3.63) is 46.9 Å². The first-order chi connectivity index (χ1) is 5.79. The van der Waals surface area contributed by atoms with Gasteiger partial charge < -0.3 is 0 Å². The number of rotatable bonds is 0. The third-order valence-corrected chi connectivity index (χ3v) is 2.04. The van der Waals surface area contributed by atoms with Crippen molar-refractivity contribution in [3.8, 4) is 0 Å². The van der Waals surface area contributed by atoms with Gasteiger partial charge in [-0.15, -0.1) is 0 Å². The summed E-state index contributed by atoms with van der Waals surface area (Å²) in [6.45, 7) is 0. The Bertz CT molecular complexity index is 475. The molecule has 0 saturated heterocycles. The zero-order valence-corrected chi connectivity index (χ0v) is 6.95. The molecule has 0 radical (unpaired) electrons. The molecule has 1 aromatic heterocycles. The fourth-order valence-corrected chi connectivity index (χ4v) is 1.31. The molecule has 2 nitrogen and oxygen atoms in total. The minimum absolute atomic E-state index is 0.172. The number of aromatic nitrogens is 1. The van der Waals surface area contributed by atoms with E-state index in [1.165, 1.54) is 0 Å². The van der Waals surface area contributed by atoms with Crippen molar-refractivity contribution in [2.75, 3.05) is 0 Å². The maximum atomic E-state index is 11.4. The average molecular weight is 180 g/mol. The van der Waals surface area contributed by atoms with Crippen LogP contribution >= 0.6 is 11.8 Å². The van der Waals surface area contributed by atoms with Gasteiger partial charge in [-0.05, 0) is 17.5 Å². The number of pyridine rings is 1. The number of halogens is 1. The van der Waals surface area contributed by atoms with Gasteiger partial charge in [-0.3, -0.25) is 4.79 Å². The Kier molecular flexibility index (Phi) is 1.62. The molecule has 0 saturated carbocycles. The van der Waals surface area contributed by atoms with Crippen molar-refractivity contribution in [2.24, 2.45) is 0 Å². The Morgan fingerprint density at radius 2 is 1.92 bits per heavy atom. The van der Waals surface area contributed by atoms with Crippen LogP contribution in [0.5, 0.6) is 0 Å². The molecule has 1 heterocycles. The third kappa shape index (κ3) is 1.01. The summed E-state index contributed by atoms with van der Waals surface area (Å²) in [6, 6.07) is 9.16. The van der Waals surface area contributed by atoms with Crippen molar-refractivity contribution in [1.82, 2.24) is 4.09 Å². The summed E-state index contributed by atoms with van der Waals surface area (Å²) in [5.74, 6) is 0. The standard InChI is InChI=1S/C9H6ClNO/c10-11-6-5-7-3-1-2-4-8(7)9(11)12/h1-6H. The average Bonchev–Trinajstić information content (AvgIpc) is 2.12.